The van der Waals surface area contributed by atoms with Crippen molar-refractivity contribution < 1.29 is 33.5 Å². The zero-order chi connectivity index (χ0) is 32.2. The normalized spacial score (nSPS) is 23.2. The zero-order valence-electron chi connectivity index (χ0n) is 26.4. The molecule has 0 spiro atoms. The first-order chi connectivity index (χ1) is 22.4. The van der Waals surface area contributed by atoms with Crippen LogP contribution in [0.15, 0.2) is 87.9 Å². The molecule has 3 aliphatic rings. The van der Waals surface area contributed by atoms with E-state index in [4.69, 9.17) is 13.8 Å². The zero-order valence-corrected chi connectivity index (χ0v) is 26.4. The van der Waals surface area contributed by atoms with Crippen molar-refractivity contribution in [1.29, 1.82) is 0 Å². The Morgan fingerprint density at radius 2 is 1.78 bits per heavy atom. The number of benzene rings is 2. The molecule has 9 nitrogen and oxygen atoms in total. The largest absolute Gasteiger partial charge is 0.459 e. The van der Waals surface area contributed by atoms with Crippen LogP contribution in [0.3, 0.4) is 0 Å². The second-order valence-electron chi connectivity index (χ2n) is 12.4. The fourth-order valence-electron chi connectivity index (χ4n) is 7.37. The van der Waals surface area contributed by atoms with E-state index in [9.17, 15) is 19.7 Å². The summed E-state index contributed by atoms with van der Waals surface area (Å²) in [6, 6.07) is 20.7. The molecule has 6 rings (SSSR count). The van der Waals surface area contributed by atoms with Crippen molar-refractivity contribution in [1.82, 2.24) is 0 Å². The minimum absolute atomic E-state index is 0.153. The van der Waals surface area contributed by atoms with E-state index in [0.29, 0.717) is 43.1 Å². The van der Waals surface area contributed by atoms with Crippen molar-refractivity contribution >= 4 is 42.1 Å². The highest BCUT2D eigenvalue weighted by Gasteiger charge is 2.57. The van der Waals surface area contributed by atoms with Gasteiger partial charge >= 0.3 is 7.12 Å². The fraction of sp³-hybridized carbons (Fsp3) is 0.389. The fourth-order valence-corrected chi connectivity index (χ4v) is 7.37. The van der Waals surface area contributed by atoms with Crippen LogP contribution in [-0.4, -0.2) is 48.9 Å². The number of allylic oxidation sites excluding steroid dienone is 1. The molecule has 2 aromatic carbocycles. The Hall–Kier alpha value is -3.96. The summed E-state index contributed by atoms with van der Waals surface area (Å²) in [7, 11) is 0.588. The average molecular weight is 625 g/mol. The van der Waals surface area contributed by atoms with Gasteiger partial charge in [-0.15, -0.1) is 0 Å². The predicted molar refractivity (Wildman–Crippen MR) is 177 cm³/mol. The van der Waals surface area contributed by atoms with Gasteiger partial charge in [-0.25, -0.2) is 0 Å². The molecule has 0 saturated carbocycles. The third-order valence-electron chi connectivity index (χ3n) is 9.30. The van der Waals surface area contributed by atoms with Crippen molar-refractivity contribution in [3.63, 3.8) is 0 Å². The number of ether oxygens (including phenoxy) is 1. The molecule has 3 heterocycles. The highest BCUT2D eigenvalue weighted by atomic mass is 16.5. The number of para-hydroxylation sites is 1. The maximum Gasteiger partial charge on any atom is 0.455 e. The van der Waals surface area contributed by atoms with Gasteiger partial charge in [0.25, 0.3) is 0 Å². The van der Waals surface area contributed by atoms with Crippen LogP contribution in [0.25, 0.3) is 6.08 Å². The van der Waals surface area contributed by atoms with Crippen molar-refractivity contribution in [3.05, 3.63) is 95.0 Å². The maximum absolute atomic E-state index is 14.1. The van der Waals surface area contributed by atoms with Crippen LogP contribution in [0.2, 0.25) is 6.32 Å². The lowest BCUT2D eigenvalue weighted by atomic mass is 9.58. The number of anilines is 3. The van der Waals surface area contributed by atoms with Crippen LogP contribution in [-0.2, 0) is 25.6 Å². The lowest BCUT2D eigenvalue weighted by Crippen LogP contribution is -2.46. The highest BCUT2D eigenvalue weighted by Crippen LogP contribution is 2.51. The number of hydrogen-bond acceptors (Lipinski definition) is 8. The quantitative estimate of drug-likeness (QED) is 0.125. The van der Waals surface area contributed by atoms with E-state index in [2.05, 4.69) is 12.2 Å². The first-order valence-corrected chi connectivity index (χ1v) is 16.1. The van der Waals surface area contributed by atoms with Crippen LogP contribution < -0.4 is 10.2 Å². The summed E-state index contributed by atoms with van der Waals surface area (Å²) >= 11 is 0. The number of carbonyl (C=O) groups excluding carboxylic acids is 2. The van der Waals surface area contributed by atoms with E-state index in [1.54, 1.807) is 25.3 Å². The number of rotatable bonds is 12. The first kappa shape index (κ1) is 32.0. The number of nitrogens with one attached hydrogen (secondary N) is 1. The molecule has 10 heteroatoms. The molecule has 2 saturated heterocycles. The van der Waals surface area contributed by atoms with Crippen LogP contribution in [0.4, 0.5) is 17.1 Å². The molecule has 240 valence electrons. The summed E-state index contributed by atoms with van der Waals surface area (Å²) in [6.45, 7) is 2.30. The summed E-state index contributed by atoms with van der Waals surface area (Å²) in [4.78, 5) is 29.3. The van der Waals surface area contributed by atoms with Crippen LogP contribution in [0, 0.1) is 17.8 Å². The highest BCUT2D eigenvalue weighted by molar-refractivity contribution is 6.43. The number of imide groups is 1. The SMILES string of the molecule is CCC/C(=C\c1ccc(CO)o1)CC[C@H]1OB(O)C[C@H]2C1=C(COC)C[C@H]1C(=O)N(c3ccc(Nc4ccccc4)cc3)C(=O)[C@H]12. The van der Waals surface area contributed by atoms with Crippen LogP contribution >= 0.6 is 0 Å². The molecule has 0 unspecified atom stereocenters. The van der Waals surface area contributed by atoms with E-state index in [1.807, 2.05) is 54.6 Å². The van der Waals surface area contributed by atoms with Gasteiger partial charge in [-0.1, -0.05) is 37.1 Å². The van der Waals surface area contributed by atoms with Crippen molar-refractivity contribution in [2.24, 2.45) is 17.8 Å². The molecule has 0 radical (unpaired) electrons. The molecule has 0 bridgehead atoms. The summed E-state index contributed by atoms with van der Waals surface area (Å²) in [5.74, 6) is -0.652. The topological polar surface area (TPSA) is 121 Å². The van der Waals surface area contributed by atoms with Crippen molar-refractivity contribution in [2.45, 2.75) is 58.1 Å². The van der Waals surface area contributed by atoms with Gasteiger partial charge in [0.15, 0.2) is 0 Å². The van der Waals surface area contributed by atoms with Gasteiger partial charge in [0, 0.05) is 18.5 Å². The molecular weight excluding hydrogens is 583 g/mol. The minimum atomic E-state index is -1.04. The van der Waals surface area contributed by atoms with E-state index in [-0.39, 0.29) is 30.7 Å². The van der Waals surface area contributed by atoms with Gasteiger partial charge in [0.1, 0.15) is 18.1 Å². The average Bonchev–Trinajstić information content (AvgIpc) is 3.61. The smallest absolute Gasteiger partial charge is 0.455 e. The second kappa shape index (κ2) is 14.2. The van der Waals surface area contributed by atoms with Crippen molar-refractivity contribution in [3.8, 4) is 0 Å². The van der Waals surface area contributed by atoms with Gasteiger partial charge in [-0.2, -0.15) is 0 Å². The number of aliphatic hydroxyl groups is 1. The Bertz CT molecular complexity index is 1600. The minimum Gasteiger partial charge on any atom is -0.459 e. The Kier molecular flexibility index (Phi) is 9.89. The van der Waals surface area contributed by atoms with E-state index in [1.165, 1.54) is 10.5 Å². The van der Waals surface area contributed by atoms with E-state index >= 15 is 0 Å². The Labute approximate surface area is 270 Å². The predicted octanol–water partition coefficient (Wildman–Crippen LogP) is 6.13. The molecule has 3 N–H and O–H groups in total. The van der Waals surface area contributed by atoms with Gasteiger partial charge in [0.05, 0.1) is 30.2 Å². The number of hydrogen-bond donors (Lipinski definition) is 3. The molecule has 2 amide bonds. The molecule has 2 aliphatic heterocycles. The third kappa shape index (κ3) is 6.62. The molecule has 4 atom stereocenters. The van der Waals surface area contributed by atoms with Gasteiger partial charge in [-0.05, 0) is 104 Å². The lowest BCUT2D eigenvalue weighted by Gasteiger charge is -2.43. The van der Waals surface area contributed by atoms with E-state index < -0.39 is 25.1 Å². The number of nitrogens with zero attached hydrogens (tertiary/aromatic N) is 1. The summed E-state index contributed by atoms with van der Waals surface area (Å²) in [5.41, 5.74) is 5.49. The molecule has 1 aliphatic carbocycles. The van der Waals surface area contributed by atoms with Gasteiger partial charge in [0.2, 0.25) is 11.8 Å². The van der Waals surface area contributed by atoms with Gasteiger partial charge < -0.3 is 29.3 Å². The lowest BCUT2D eigenvalue weighted by molar-refractivity contribution is -0.122. The summed E-state index contributed by atoms with van der Waals surface area (Å²) in [5, 5.41) is 23.7. The molecule has 1 aromatic heterocycles. The molecule has 46 heavy (non-hydrogen) atoms. The Balaban J connectivity index is 1.24. The van der Waals surface area contributed by atoms with E-state index in [0.717, 1.165) is 35.4 Å². The van der Waals surface area contributed by atoms with Gasteiger partial charge in [-0.3, -0.25) is 14.5 Å². The monoisotopic (exact) mass is 624 g/mol. The van der Waals surface area contributed by atoms with Crippen LogP contribution in [0.1, 0.15) is 50.5 Å². The number of fused-ring (bicyclic) bond motifs is 3. The molecule has 3 aromatic rings. The summed E-state index contributed by atoms with van der Waals surface area (Å²) in [6.07, 6.45) is 5.40. The standard InChI is InChI=1S/C36H41BN2O7/c1-3-7-23(18-28-15-16-29(21-40)45-28)10-17-32-33-24(22-44-2)19-30-34(31(33)20-37(43)46-32)36(42)39(35(30)41)27-13-11-26(12-14-27)38-25-8-5-4-6-9-25/h4-6,8-9,11-16,18,30-32,34,38,40,43H,3,7,10,17,19-22H2,1-2H3/b23-18+/t30-,31+,32-,34-/m1/s1. The van der Waals surface area contributed by atoms with Crippen molar-refractivity contribution in [2.75, 3.05) is 23.9 Å². The Morgan fingerprint density at radius 1 is 1.02 bits per heavy atom. The third-order valence-corrected chi connectivity index (χ3v) is 9.30. The second-order valence-corrected chi connectivity index (χ2v) is 12.4. The first-order valence-electron chi connectivity index (χ1n) is 16.1. The number of carbonyl (C=O) groups is 2. The Morgan fingerprint density at radius 3 is 2.48 bits per heavy atom. The summed E-state index contributed by atoms with van der Waals surface area (Å²) < 4.78 is 17.5. The number of methoxy groups -OCH3 is 1. The number of furan rings is 1. The maximum atomic E-state index is 14.1. The number of aliphatic hydroxyl groups excluding tert-OH is 1. The van der Waals surface area contributed by atoms with Crippen LogP contribution in [0.5, 0.6) is 0 Å². The molecular formula is C36H41BN2O7. The molecule has 2 fully saturated rings. The number of amides is 2.